The second kappa shape index (κ2) is 7.89. The van der Waals surface area contributed by atoms with Crippen molar-refractivity contribution in [3.63, 3.8) is 0 Å². The van der Waals surface area contributed by atoms with Crippen molar-refractivity contribution in [1.82, 2.24) is 0 Å². The summed E-state index contributed by atoms with van der Waals surface area (Å²) in [6.07, 6.45) is -4.18. The number of aromatic hydroxyl groups is 1. The summed E-state index contributed by atoms with van der Waals surface area (Å²) in [4.78, 5) is 39.9. The Kier molecular flexibility index (Phi) is 6.21. The molecule has 1 heterocycles. The topological polar surface area (TPSA) is 188 Å². The molecule has 130 valence electrons. The number of rotatable bonds is 3. The second-order valence-corrected chi connectivity index (χ2v) is 4.32. The van der Waals surface area contributed by atoms with E-state index in [4.69, 9.17) is 44.6 Å². The highest BCUT2D eigenvalue weighted by atomic mass is 16.7. The molecule has 11 nitrogen and oxygen atoms in total. The molecule has 24 heavy (non-hydrogen) atoms. The predicted octanol–water partition coefficient (Wildman–Crippen LogP) is -0.500. The fourth-order valence-electron chi connectivity index (χ4n) is 1.61. The molecule has 0 amide bonds. The minimum atomic E-state index is -1.82. The summed E-state index contributed by atoms with van der Waals surface area (Å²) < 4.78 is 10.1. The Balaban J connectivity index is 0.000000413. The first-order chi connectivity index (χ1) is 11.1. The van der Waals surface area contributed by atoms with E-state index in [0.717, 1.165) is 0 Å². The molecular formula is C13H12O11. The Morgan fingerprint density at radius 1 is 0.750 bits per heavy atom. The molecule has 2 atom stereocenters. The molecule has 2 unspecified atom stereocenters. The molecular weight excluding hydrogens is 332 g/mol. The van der Waals surface area contributed by atoms with Gasteiger partial charge in [-0.05, 0) is 12.1 Å². The highest BCUT2D eigenvalue weighted by molar-refractivity contribution is 6.27. The molecule has 0 aromatic heterocycles. The van der Waals surface area contributed by atoms with Gasteiger partial charge in [-0.15, -0.1) is 0 Å². The van der Waals surface area contributed by atoms with Gasteiger partial charge in [0.25, 0.3) is 0 Å². The van der Waals surface area contributed by atoms with Gasteiger partial charge in [0.1, 0.15) is 5.75 Å². The van der Waals surface area contributed by atoms with Crippen LogP contribution in [0.1, 0.15) is 11.9 Å². The number of hydrogen-bond donors (Lipinski definition) is 5. The summed E-state index contributed by atoms with van der Waals surface area (Å²) in [7, 11) is 0. The maximum atomic E-state index is 10.8. The van der Waals surface area contributed by atoms with Crippen LogP contribution in [0.2, 0.25) is 0 Å². The summed E-state index contributed by atoms with van der Waals surface area (Å²) in [5, 5.41) is 41.6. The SMILES string of the molecule is O=C(O)C(=O)O.O=C(O)C1OC(c2ccc(O)cc2)OC1C(=O)O. The molecule has 0 saturated carbocycles. The van der Waals surface area contributed by atoms with E-state index in [1.54, 1.807) is 0 Å². The summed E-state index contributed by atoms with van der Waals surface area (Å²) in [5.74, 6) is -6.42. The van der Waals surface area contributed by atoms with Crippen LogP contribution in [0, 0.1) is 0 Å². The van der Waals surface area contributed by atoms with Crippen molar-refractivity contribution in [2.45, 2.75) is 18.5 Å². The largest absolute Gasteiger partial charge is 0.508 e. The first kappa shape index (κ1) is 18.9. The van der Waals surface area contributed by atoms with Gasteiger partial charge in [-0.25, -0.2) is 19.2 Å². The Labute approximate surface area is 133 Å². The third kappa shape index (κ3) is 4.93. The molecule has 1 aliphatic rings. The van der Waals surface area contributed by atoms with Crippen LogP contribution in [-0.2, 0) is 28.7 Å². The van der Waals surface area contributed by atoms with Crippen LogP contribution < -0.4 is 0 Å². The number of hydrogen-bond acceptors (Lipinski definition) is 7. The number of phenolic OH excluding ortho intramolecular Hbond substituents is 1. The van der Waals surface area contributed by atoms with Crippen LogP contribution in [0.15, 0.2) is 24.3 Å². The number of benzene rings is 1. The highest BCUT2D eigenvalue weighted by Gasteiger charge is 2.46. The zero-order valence-electron chi connectivity index (χ0n) is 11.7. The Hall–Kier alpha value is -3.18. The Morgan fingerprint density at radius 3 is 1.42 bits per heavy atom. The zero-order valence-corrected chi connectivity index (χ0v) is 11.7. The fourth-order valence-corrected chi connectivity index (χ4v) is 1.61. The Bertz CT molecular complexity index is 602. The normalized spacial score (nSPS) is 22.1. The average molecular weight is 344 g/mol. The number of carbonyl (C=O) groups is 4. The minimum absolute atomic E-state index is 0.0290. The van der Waals surface area contributed by atoms with E-state index in [0.29, 0.717) is 5.56 Å². The molecule has 2 rings (SSSR count). The second-order valence-electron chi connectivity index (χ2n) is 4.32. The highest BCUT2D eigenvalue weighted by Crippen LogP contribution is 2.32. The predicted molar refractivity (Wildman–Crippen MR) is 71.1 cm³/mol. The van der Waals surface area contributed by atoms with Gasteiger partial charge in [0, 0.05) is 5.56 Å². The van der Waals surface area contributed by atoms with Crippen molar-refractivity contribution in [3.05, 3.63) is 29.8 Å². The maximum Gasteiger partial charge on any atom is 0.414 e. The van der Waals surface area contributed by atoms with Crippen LogP contribution >= 0.6 is 0 Å². The van der Waals surface area contributed by atoms with Crippen LogP contribution in [0.4, 0.5) is 0 Å². The molecule has 0 bridgehead atoms. The average Bonchev–Trinajstić information content (AvgIpc) is 2.94. The van der Waals surface area contributed by atoms with E-state index in [-0.39, 0.29) is 5.75 Å². The van der Waals surface area contributed by atoms with Gasteiger partial charge < -0.3 is 35.0 Å². The van der Waals surface area contributed by atoms with Gasteiger partial charge in [-0.1, -0.05) is 12.1 Å². The lowest BCUT2D eigenvalue weighted by atomic mass is 10.2. The van der Waals surface area contributed by atoms with E-state index in [1.807, 2.05) is 0 Å². The number of carboxylic acids is 4. The molecule has 0 radical (unpaired) electrons. The van der Waals surface area contributed by atoms with Crippen LogP contribution in [-0.4, -0.2) is 61.6 Å². The third-order valence-corrected chi connectivity index (χ3v) is 2.65. The van der Waals surface area contributed by atoms with Crippen molar-refractivity contribution < 1.29 is 54.2 Å². The molecule has 0 spiro atoms. The van der Waals surface area contributed by atoms with E-state index < -0.39 is 42.4 Å². The van der Waals surface area contributed by atoms with E-state index >= 15 is 0 Å². The van der Waals surface area contributed by atoms with Crippen molar-refractivity contribution in [2.24, 2.45) is 0 Å². The lowest BCUT2D eigenvalue weighted by Gasteiger charge is -2.09. The quantitative estimate of drug-likeness (QED) is 0.444. The van der Waals surface area contributed by atoms with Gasteiger partial charge in [0.15, 0.2) is 18.5 Å². The number of phenols is 1. The molecule has 1 fully saturated rings. The van der Waals surface area contributed by atoms with Crippen molar-refractivity contribution in [1.29, 1.82) is 0 Å². The summed E-state index contributed by atoms with van der Waals surface area (Å²) in [5.41, 5.74) is 0.433. The van der Waals surface area contributed by atoms with Gasteiger partial charge in [0.05, 0.1) is 0 Å². The van der Waals surface area contributed by atoms with Gasteiger partial charge in [-0.2, -0.15) is 0 Å². The van der Waals surface area contributed by atoms with Crippen molar-refractivity contribution >= 4 is 23.9 Å². The van der Waals surface area contributed by atoms with Crippen LogP contribution in [0.25, 0.3) is 0 Å². The molecule has 1 saturated heterocycles. The molecule has 5 N–H and O–H groups in total. The van der Waals surface area contributed by atoms with E-state index in [2.05, 4.69) is 0 Å². The number of aliphatic carboxylic acids is 4. The minimum Gasteiger partial charge on any atom is -0.508 e. The molecule has 11 heteroatoms. The number of ether oxygens (including phenoxy) is 2. The molecule has 0 aliphatic carbocycles. The summed E-state index contributed by atoms with van der Waals surface area (Å²) >= 11 is 0. The van der Waals surface area contributed by atoms with Gasteiger partial charge in [-0.3, -0.25) is 0 Å². The monoisotopic (exact) mass is 344 g/mol. The first-order valence-corrected chi connectivity index (χ1v) is 6.15. The van der Waals surface area contributed by atoms with E-state index in [1.165, 1.54) is 24.3 Å². The van der Waals surface area contributed by atoms with Crippen molar-refractivity contribution in [2.75, 3.05) is 0 Å². The standard InChI is InChI=1S/C11H10O7.C2H2O4/c12-6-3-1-5(2-4-6)11-17-7(9(13)14)8(18-11)10(15)16;3-1(4)2(5)6/h1-4,7-8,11-12H,(H,13,14)(H,15,16);(H,3,4)(H,5,6). The maximum absolute atomic E-state index is 10.8. The van der Waals surface area contributed by atoms with Crippen molar-refractivity contribution in [3.8, 4) is 5.75 Å². The summed E-state index contributed by atoms with van der Waals surface area (Å²) in [6.45, 7) is 0. The summed E-state index contributed by atoms with van der Waals surface area (Å²) in [6, 6.07) is 5.66. The Morgan fingerprint density at radius 2 is 1.12 bits per heavy atom. The smallest absolute Gasteiger partial charge is 0.414 e. The first-order valence-electron chi connectivity index (χ1n) is 6.15. The number of carboxylic acid groups (broad SMARTS) is 4. The zero-order chi connectivity index (χ0) is 18.4. The van der Waals surface area contributed by atoms with Crippen LogP contribution in [0.3, 0.4) is 0 Å². The molecule has 1 aromatic rings. The third-order valence-electron chi connectivity index (χ3n) is 2.65. The van der Waals surface area contributed by atoms with E-state index in [9.17, 15) is 9.59 Å². The molecule has 1 aliphatic heterocycles. The van der Waals surface area contributed by atoms with Gasteiger partial charge in [0.2, 0.25) is 0 Å². The van der Waals surface area contributed by atoms with Gasteiger partial charge >= 0.3 is 23.9 Å². The molecule has 1 aromatic carbocycles. The lowest BCUT2D eigenvalue weighted by molar-refractivity contribution is -0.159. The fraction of sp³-hybridized carbons (Fsp3) is 0.231. The lowest BCUT2D eigenvalue weighted by Crippen LogP contribution is -2.36. The van der Waals surface area contributed by atoms with Crippen LogP contribution in [0.5, 0.6) is 5.75 Å².